The van der Waals surface area contributed by atoms with Crippen LogP contribution in [-0.2, 0) is 30.4 Å². The largest absolute Gasteiger partial charge is 0.480 e. The summed E-state index contributed by atoms with van der Waals surface area (Å²) in [5.41, 5.74) is 5.91. The summed E-state index contributed by atoms with van der Waals surface area (Å²) in [6, 6.07) is 5.75. The lowest BCUT2D eigenvalue weighted by Crippen LogP contribution is -2.56. The lowest BCUT2D eigenvalue weighted by molar-refractivity contribution is -0.142. The average molecular weight is 464 g/mol. The van der Waals surface area contributed by atoms with Crippen molar-refractivity contribution in [3.63, 3.8) is 0 Å². The number of aliphatic carboxylic acids is 1. The first-order chi connectivity index (χ1) is 15.5. The lowest BCUT2D eigenvalue weighted by atomic mass is 10.0. The minimum atomic E-state index is -1.16. The molecule has 33 heavy (non-hydrogen) atoms. The third-order valence-corrected chi connectivity index (χ3v) is 4.64. The van der Waals surface area contributed by atoms with Crippen LogP contribution in [0.4, 0.5) is 0 Å². The minimum Gasteiger partial charge on any atom is -0.480 e. The maximum Gasteiger partial charge on any atom is 0.326 e. The monoisotopic (exact) mass is 463 g/mol. The van der Waals surface area contributed by atoms with Gasteiger partial charge in [-0.25, -0.2) is 4.79 Å². The second-order valence-electron chi connectivity index (χ2n) is 8.05. The highest BCUT2D eigenvalue weighted by molar-refractivity contribution is 5.94. The summed E-state index contributed by atoms with van der Waals surface area (Å²) in [7, 11) is 0. The van der Waals surface area contributed by atoms with Gasteiger partial charge in [-0.05, 0) is 24.8 Å². The number of carboxylic acid groups (broad SMARTS) is 1. The first-order valence-corrected chi connectivity index (χ1v) is 10.7. The first-order valence-electron chi connectivity index (χ1n) is 10.7. The maximum absolute atomic E-state index is 12.9. The van der Waals surface area contributed by atoms with E-state index in [2.05, 4.69) is 21.3 Å². The van der Waals surface area contributed by atoms with E-state index in [1.165, 1.54) is 6.92 Å². The summed E-state index contributed by atoms with van der Waals surface area (Å²) >= 11 is 0. The van der Waals surface area contributed by atoms with Gasteiger partial charge in [0.25, 0.3) is 0 Å². The van der Waals surface area contributed by atoms with E-state index < -0.39 is 47.7 Å². The van der Waals surface area contributed by atoms with Gasteiger partial charge in [-0.15, -0.1) is 0 Å². The highest BCUT2D eigenvalue weighted by Gasteiger charge is 2.28. The number of benzene rings is 1. The van der Waals surface area contributed by atoms with Crippen LogP contribution in [0.25, 0.3) is 0 Å². The van der Waals surface area contributed by atoms with Crippen molar-refractivity contribution >= 4 is 29.6 Å². The van der Waals surface area contributed by atoms with Gasteiger partial charge in [0, 0.05) is 6.42 Å². The Labute approximate surface area is 192 Å². The smallest absolute Gasteiger partial charge is 0.326 e. The molecule has 0 saturated heterocycles. The molecule has 0 aliphatic rings. The maximum atomic E-state index is 12.9. The van der Waals surface area contributed by atoms with Crippen molar-refractivity contribution in [2.24, 2.45) is 11.7 Å². The molecule has 0 aliphatic carbocycles. The van der Waals surface area contributed by atoms with Crippen molar-refractivity contribution in [3.8, 4) is 0 Å². The Hall–Kier alpha value is -3.47. The highest BCUT2D eigenvalue weighted by Crippen LogP contribution is 2.08. The van der Waals surface area contributed by atoms with Gasteiger partial charge in [-0.2, -0.15) is 0 Å². The normalized spacial score (nSPS) is 13.4. The van der Waals surface area contributed by atoms with Crippen molar-refractivity contribution < 1.29 is 29.1 Å². The third-order valence-electron chi connectivity index (χ3n) is 4.64. The summed E-state index contributed by atoms with van der Waals surface area (Å²) in [5, 5.41) is 19.2. The Balaban J connectivity index is 2.87. The van der Waals surface area contributed by atoms with Crippen LogP contribution in [0.5, 0.6) is 0 Å². The molecule has 0 fully saturated rings. The quantitative estimate of drug-likeness (QED) is 0.215. The summed E-state index contributed by atoms with van der Waals surface area (Å²) in [6.45, 7) is 4.48. The molecule has 4 amide bonds. The van der Waals surface area contributed by atoms with Crippen LogP contribution in [0.3, 0.4) is 0 Å². The van der Waals surface area contributed by atoms with Crippen molar-refractivity contribution in [1.29, 1.82) is 0 Å². The Morgan fingerprint density at radius 2 is 1.48 bits per heavy atom. The molecule has 0 aromatic heterocycles. The second-order valence-corrected chi connectivity index (χ2v) is 8.05. The SMILES string of the molecule is CC(C)C[C@H](NC(=O)[C@H](Cc1ccccc1)NC(=O)[C@H](C)NC(=O)CNC(=O)CN)C(=O)O. The number of carboxylic acids is 1. The fraction of sp³-hybridized carbons (Fsp3) is 0.500. The van der Waals surface area contributed by atoms with E-state index in [4.69, 9.17) is 5.73 Å². The zero-order valence-electron chi connectivity index (χ0n) is 19.1. The zero-order chi connectivity index (χ0) is 25.0. The number of nitrogens with one attached hydrogen (secondary N) is 4. The Kier molecular flexibility index (Phi) is 11.6. The van der Waals surface area contributed by atoms with Crippen LogP contribution in [0.15, 0.2) is 30.3 Å². The molecule has 3 atom stereocenters. The summed E-state index contributed by atoms with van der Waals surface area (Å²) in [6.07, 6.45) is 0.355. The van der Waals surface area contributed by atoms with Crippen LogP contribution in [0.2, 0.25) is 0 Å². The number of carbonyl (C=O) groups excluding carboxylic acids is 4. The van der Waals surface area contributed by atoms with E-state index >= 15 is 0 Å². The van der Waals surface area contributed by atoms with Crippen LogP contribution in [-0.4, -0.2) is 65.9 Å². The number of hydrogen-bond donors (Lipinski definition) is 6. The predicted molar refractivity (Wildman–Crippen MR) is 121 cm³/mol. The molecule has 1 aromatic carbocycles. The molecule has 182 valence electrons. The van der Waals surface area contributed by atoms with Crippen molar-refractivity contribution in [2.45, 2.75) is 51.7 Å². The fourth-order valence-electron chi connectivity index (χ4n) is 2.93. The molecule has 0 bridgehead atoms. The molecule has 0 saturated carbocycles. The molecule has 1 aromatic rings. The van der Waals surface area contributed by atoms with E-state index in [0.29, 0.717) is 0 Å². The Morgan fingerprint density at radius 3 is 2.03 bits per heavy atom. The molecule has 11 heteroatoms. The second kappa shape index (κ2) is 13.8. The number of carbonyl (C=O) groups is 5. The molecule has 11 nitrogen and oxygen atoms in total. The molecule has 0 heterocycles. The third kappa shape index (κ3) is 10.6. The minimum absolute atomic E-state index is 0.0311. The van der Waals surface area contributed by atoms with Gasteiger partial charge in [0.1, 0.15) is 18.1 Å². The number of nitrogens with two attached hydrogens (primary N) is 1. The zero-order valence-corrected chi connectivity index (χ0v) is 19.1. The number of rotatable bonds is 13. The summed E-state index contributed by atoms with van der Waals surface area (Å²) < 4.78 is 0. The van der Waals surface area contributed by atoms with Gasteiger partial charge in [0.15, 0.2) is 0 Å². The van der Waals surface area contributed by atoms with E-state index in [0.717, 1.165) is 5.56 Å². The van der Waals surface area contributed by atoms with Gasteiger partial charge < -0.3 is 32.1 Å². The van der Waals surface area contributed by atoms with Crippen molar-refractivity contribution in [3.05, 3.63) is 35.9 Å². The number of amides is 4. The average Bonchev–Trinajstić information content (AvgIpc) is 2.76. The highest BCUT2D eigenvalue weighted by atomic mass is 16.4. The lowest BCUT2D eigenvalue weighted by Gasteiger charge is -2.24. The molecule has 0 radical (unpaired) electrons. The molecule has 7 N–H and O–H groups in total. The van der Waals surface area contributed by atoms with Crippen molar-refractivity contribution in [2.75, 3.05) is 13.1 Å². The van der Waals surface area contributed by atoms with Gasteiger partial charge in [-0.1, -0.05) is 44.2 Å². The molecular formula is C22H33N5O6. The van der Waals surface area contributed by atoms with Crippen LogP contribution < -0.4 is 27.0 Å². The standard InChI is InChI=1S/C22H33N5O6/c1-13(2)9-17(22(32)33)27-21(31)16(10-15-7-5-4-6-8-15)26-20(30)14(3)25-19(29)12-24-18(28)11-23/h4-8,13-14,16-17H,9-12,23H2,1-3H3,(H,24,28)(H,25,29)(H,26,30)(H,27,31)(H,32,33)/t14-,16-,17-/m0/s1. The van der Waals surface area contributed by atoms with Gasteiger partial charge >= 0.3 is 5.97 Å². The predicted octanol–water partition coefficient (Wildman–Crippen LogP) is -1.09. The molecular weight excluding hydrogens is 430 g/mol. The first kappa shape index (κ1) is 27.6. The van der Waals surface area contributed by atoms with E-state index in [1.807, 2.05) is 13.8 Å². The van der Waals surface area contributed by atoms with E-state index in [9.17, 15) is 29.1 Å². The summed E-state index contributed by atoms with van der Waals surface area (Å²) in [4.78, 5) is 60.2. The van der Waals surface area contributed by atoms with Crippen LogP contribution in [0.1, 0.15) is 32.8 Å². The Morgan fingerprint density at radius 1 is 0.879 bits per heavy atom. The molecule has 0 unspecified atom stereocenters. The molecule has 0 spiro atoms. The molecule has 0 aliphatic heterocycles. The van der Waals surface area contributed by atoms with Gasteiger partial charge in [0.05, 0.1) is 13.1 Å². The van der Waals surface area contributed by atoms with Crippen molar-refractivity contribution in [1.82, 2.24) is 21.3 Å². The Bertz CT molecular complexity index is 830. The van der Waals surface area contributed by atoms with E-state index in [-0.39, 0.29) is 31.8 Å². The van der Waals surface area contributed by atoms with Crippen LogP contribution in [0, 0.1) is 5.92 Å². The van der Waals surface area contributed by atoms with E-state index in [1.54, 1.807) is 30.3 Å². The van der Waals surface area contributed by atoms with Gasteiger partial charge in [0.2, 0.25) is 23.6 Å². The van der Waals surface area contributed by atoms with Gasteiger partial charge in [-0.3, -0.25) is 19.2 Å². The topological polar surface area (TPSA) is 180 Å². The molecule has 1 rings (SSSR count). The number of hydrogen-bond acceptors (Lipinski definition) is 6. The van der Waals surface area contributed by atoms with Crippen LogP contribution >= 0.6 is 0 Å². The fourth-order valence-corrected chi connectivity index (χ4v) is 2.93. The summed E-state index contributed by atoms with van der Waals surface area (Å²) in [5.74, 6) is -3.54.